The molecule has 3 aliphatic heterocycles. The minimum absolute atomic E-state index is 0.000858. The van der Waals surface area contributed by atoms with Gasteiger partial charge in [0.25, 0.3) is 5.91 Å². The van der Waals surface area contributed by atoms with E-state index in [0.29, 0.717) is 36.3 Å². The first-order valence-electron chi connectivity index (χ1n) is 22.4. The molecule has 5 atom stereocenters. The maximum Gasteiger partial charge on any atom is 0.409 e. The van der Waals surface area contributed by atoms with Crippen LogP contribution in [-0.4, -0.2) is 125 Å². The molecule has 7 rings (SSSR count). The van der Waals surface area contributed by atoms with Crippen molar-refractivity contribution in [1.29, 1.82) is 0 Å². The number of hydrazine groups is 1. The van der Waals surface area contributed by atoms with Crippen molar-refractivity contribution in [3.8, 4) is 22.5 Å². The van der Waals surface area contributed by atoms with E-state index in [9.17, 15) is 24.0 Å². The standard InChI is InChI=1S/C47H60F2N8O8S/c1-10-56-35-16-15-28-21-31(35)32(38(56)30-13-11-18-50-36(30)27(4)63-8)22-46(5,6)25-65-43(61)33-14-12-19-57(53-33)42(60)39(47(48,49)44-51-34(28)24-66-44)52-40(58)37(26(2)3)54(7)41(59)29-17-20-55(23-29)45(62)64-9/h11,13,15-16,18,21,24,26-27,29,33,37,39,53H,10,12,14,17,19-20,22-23,25H2,1-9H3,(H,52,58)/t27-,29-,33-,37?,39+/m0/s1. The first-order valence-corrected chi connectivity index (χ1v) is 23.3. The highest BCUT2D eigenvalue weighted by atomic mass is 32.1. The van der Waals surface area contributed by atoms with Gasteiger partial charge in [0.15, 0.2) is 11.0 Å². The van der Waals surface area contributed by atoms with Crippen molar-refractivity contribution in [2.75, 3.05) is 47.5 Å². The highest BCUT2D eigenvalue weighted by molar-refractivity contribution is 7.10. The molecule has 16 nitrogen and oxygen atoms in total. The summed E-state index contributed by atoms with van der Waals surface area (Å²) in [6.45, 7) is 12.2. The van der Waals surface area contributed by atoms with Crippen LogP contribution in [0.25, 0.3) is 33.4 Å². The minimum atomic E-state index is -4.08. The molecule has 0 radical (unpaired) electrons. The largest absolute Gasteiger partial charge is 0.464 e. The fraction of sp³-hybridized carbons (Fsp3) is 0.553. The van der Waals surface area contributed by atoms with Crippen molar-refractivity contribution < 1.29 is 47.0 Å². The van der Waals surface area contributed by atoms with Gasteiger partial charge in [0, 0.05) is 79.4 Å². The fourth-order valence-electron chi connectivity index (χ4n) is 9.45. The van der Waals surface area contributed by atoms with Crippen LogP contribution >= 0.6 is 11.3 Å². The summed E-state index contributed by atoms with van der Waals surface area (Å²) in [5.74, 6) is -8.62. The number of thiazole rings is 1. The number of carbonyl (C=O) groups excluding carboxylic acids is 5. The van der Waals surface area contributed by atoms with Crippen molar-refractivity contribution in [3.05, 3.63) is 58.2 Å². The predicted octanol–water partition coefficient (Wildman–Crippen LogP) is 6.32. The van der Waals surface area contributed by atoms with E-state index in [2.05, 4.69) is 20.3 Å². The van der Waals surface area contributed by atoms with E-state index in [1.165, 1.54) is 29.3 Å². The number of aromatic nitrogens is 3. The maximum absolute atomic E-state index is 17.4. The van der Waals surface area contributed by atoms with Gasteiger partial charge in [-0.1, -0.05) is 33.8 Å². The van der Waals surface area contributed by atoms with Gasteiger partial charge in [-0.2, -0.15) is 8.78 Å². The Morgan fingerprint density at radius 2 is 1.86 bits per heavy atom. The van der Waals surface area contributed by atoms with Crippen LogP contribution in [0.15, 0.2) is 41.9 Å². The number of ether oxygens (including phenoxy) is 3. The summed E-state index contributed by atoms with van der Waals surface area (Å²) >= 11 is 0.658. The Labute approximate surface area is 387 Å². The molecule has 1 unspecified atom stereocenters. The molecule has 4 aromatic rings. The Morgan fingerprint density at radius 1 is 1.11 bits per heavy atom. The predicted molar refractivity (Wildman–Crippen MR) is 243 cm³/mol. The lowest BCUT2D eigenvalue weighted by Crippen LogP contribution is -2.65. The number of hydrogen-bond acceptors (Lipinski definition) is 12. The number of likely N-dealkylation sites (N-methyl/N-ethyl adjacent to an activating group) is 1. The van der Waals surface area contributed by atoms with Crippen molar-refractivity contribution in [3.63, 3.8) is 0 Å². The van der Waals surface area contributed by atoms with E-state index in [4.69, 9.17) is 19.2 Å². The second-order valence-corrected chi connectivity index (χ2v) is 19.4. The number of methoxy groups -OCH3 is 2. The summed E-state index contributed by atoms with van der Waals surface area (Å²) in [4.78, 5) is 80.5. The van der Waals surface area contributed by atoms with Gasteiger partial charge >= 0.3 is 18.0 Å². The van der Waals surface area contributed by atoms with E-state index in [-0.39, 0.29) is 50.9 Å². The smallest absolute Gasteiger partial charge is 0.409 e. The molecule has 1 aromatic carbocycles. The Hall–Kier alpha value is -5.53. The second kappa shape index (κ2) is 19.4. The quantitative estimate of drug-likeness (QED) is 0.180. The Bertz CT molecular complexity index is 2490. The number of amides is 4. The lowest BCUT2D eigenvalue weighted by molar-refractivity contribution is -0.161. The Kier molecular flexibility index (Phi) is 14.2. The van der Waals surface area contributed by atoms with Gasteiger partial charge < -0.3 is 33.9 Å². The van der Waals surface area contributed by atoms with Crippen LogP contribution in [-0.2, 0) is 52.3 Å². The van der Waals surface area contributed by atoms with Gasteiger partial charge in [0.2, 0.25) is 11.8 Å². The fourth-order valence-corrected chi connectivity index (χ4v) is 10.3. The number of nitrogens with zero attached hydrogens (tertiary/aromatic N) is 6. The number of cyclic esters (lactones) is 1. The molecule has 4 amide bonds. The average Bonchev–Trinajstić information content (AvgIpc) is 4.08. The van der Waals surface area contributed by atoms with Crippen molar-refractivity contribution >= 4 is 52.0 Å². The summed E-state index contributed by atoms with van der Waals surface area (Å²) in [5, 5.41) is 4.94. The summed E-state index contributed by atoms with van der Waals surface area (Å²) in [6.07, 6.45) is 2.11. The van der Waals surface area contributed by atoms with E-state index in [1.54, 1.807) is 27.2 Å². The molecule has 66 heavy (non-hydrogen) atoms. The van der Waals surface area contributed by atoms with Crippen LogP contribution in [0.4, 0.5) is 13.6 Å². The van der Waals surface area contributed by atoms with Crippen molar-refractivity contribution in [2.45, 2.75) is 104 Å². The van der Waals surface area contributed by atoms with Crippen molar-refractivity contribution in [1.82, 2.24) is 40.1 Å². The zero-order chi connectivity index (χ0) is 47.8. The number of carbonyl (C=O) groups is 5. The van der Waals surface area contributed by atoms with Gasteiger partial charge in [-0.3, -0.25) is 29.2 Å². The molecule has 0 saturated carbocycles. The van der Waals surface area contributed by atoms with Crippen LogP contribution in [0.2, 0.25) is 0 Å². The topological polar surface area (TPSA) is 178 Å². The molecular formula is C47H60F2N8O8S. The third-order valence-electron chi connectivity index (χ3n) is 12.9. The van der Waals surface area contributed by atoms with E-state index in [0.717, 1.165) is 38.4 Å². The third kappa shape index (κ3) is 9.38. The molecule has 3 aromatic heterocycles. The van der Waals surface area contributed by atoms with E-state index >= 15 is 8.78 Å². The van der Waals surface area contributed by atoms with Gasteiger partial charge in [-0.25, -0.2) is 15.2 Å². The van der Waals surface area contributed by atoms with Crippen molar-refractivity contribution in [2.24, 2.45) is 17.3 Å². The van der Waals surface area contributed by atoms with Gasteiger partial charge in [-0.15, -0.1) is 11.3 Å². The SMILES string of the molecule is CCn1c(-c2cccnc2[C@H](C)OC)c2c3cc(ccc31)-c1csc(n1)C(F)(F)[C@H](NC(=O)C(C(C)C)N(C)C(=O)[C@H]1CCN(C(=O)OC)C1)C(=O)N1CCC[C@H](N1)C(=O)OCC(C)(C)C2. The van der Waals surface area contributed by atoms with E-state index < -0.39 is 76.1 Å². The lowest BCUT2D eigenvalue weighted by atomic mass is 9.84. The Morgan fingerprint density at radius 3 is 2.56 bits per heavy atom. The number of hydrogen-bond donors (Lipinski definition) is 2. The monoisotopic (exact) mass is 934 g/mol. The molecule has 2 saturated heterocycles. The summed E-state index contributed by atoms with van der Waals surface area (Å²) in [7, 11) is 4.28. The first kappa shape index (κ1) is 48.4. The van der Waals surface area contributed by atoms with Crippen LogP contribution in [0, 0.1) is 17.3 Å². The number of halogens is 2. The molecule has 19 heteroatoms. The number of pyridine rings is 1. The van der Waals surface area contributed by atoms with Crippen LogP contribution in [0.3, 0.4) is 0 Å². The summed E-state index contributed by atoms with van der Waals surface area (Å²) < 4.78 is 53.5. The van der Waals surface area contributed by atoms with E-state index in [1.807, 2.05) is 58.0 Å². The first-order chi connectivity index (χ1) is 31.3. The number of likely N-dealkylation sites (tertiary alicyclic amines) is 1. The number of rotatable bonds is 9. The molecule has 356 valence electrons. The average molecular weight is 935 g/mol. The lowest BCUT2D eigenvalue weighted by Gasteiger charge is -2.38. The van der Waals surface area contributed by atoms with Crippen LogP contribution in [0.5, 0.6) is 0 Å². The number of alkyl halides is 2. The molecule has 3 aliphatic rings. The molecule has 0 aliphatic carbocycles. The highest BCUT2D eigenvalue weighted by Gasteiger charge is 2.53. The molecule has 2 N–H and O–H groups in total. The van der Waals surface area contributed by atoms with Gasteiger partial charge in [0.05, 0.1) is 42.8 Å². The second-order valence-electron chi connectivity index (χ2n) is 18.5. The summed E-state index contributed by atoms with van der Waals surface area (Å²) in [5.41, 5.74) is 7.38. The zero-order valence-corrected chi connectivity index (χ0v) is 39.8. The number of aryl methyl sites for hydroxylation is 1. The number of nitrogens with one attached hydrogen (secondary N) is 2. The molecule has 2 fully saturated rings. The highest BCUT2D eigenvalue weighted by Crippen LogP contribution is 2.43. The van der Waals surface area contributed by atoms with Crippen LogP contribution < -0.4 is 10.7 Å². The third-order valence-corrected chi connectivity index (χ3v) is 13.9. The normalized spacial score (nSPS) is 21.8. The Balaban J connectivity index is 1.32. The number of esters is 1. The molecular weight excluding hydrogens is 875 g/mol. The minimum Gasteiger partial charge on any atom is -0.464 e. The summed E-state index contributed by atoms with van der Waals surface area (Å²) in [6, 6.07) is 4.74. The maximum atomic E-state index is 17.4. The zero-order valence-electron chi connectivity index (χ0n) is 39.0. The van der Waals surface area contributed by atoms with Crippen LogP contribution in [0.1, 0.15) is 83.2 Å². The molecule has 0 spiro atoms. The molecule has 6 heterocycles. The number of benzene rings is 1. The van der Waals surface area contributed by atoms with Gasteiger partial charge in [-0.05, 0) is 75.3 Å². The van der Waals surface area contributed by atoms with Gasteiger partial charge in [0.1, 0.15) is 12.1 Å². The number of fused-ring (bicyclic) bond motifs is 6. The molecule has 6 bridgehead atoms.